The predicted octanol–water partition coefficient (Wildman–Crippen LogP) is 4.69. The van der Waals surface area contributed by atoms with Crippen LogP contribution in [0.5, 0.6) is 17.2 Å². The van der Waals surface area contributed by atoms with E-state index in [0.29, 0.717) is 28.4 Å². The van der Waals surface area contributed by atoms with Crippen LogP contribution in [0.15, 0.2) is 71.7 Å². The van der Waals surface area contributed by atoms with E-state index in [-0.39, 0.29) is 5.78 Å². The Labute approximate surface area is 164 Å². The molecule has 142 valence electrons. The van der Waals surface area contributed by atoms with Crippen LogP contribution in [0.4, 0.5) is 5.69 Å². The fourth-order valence-corrected chi connectivity index (χ4v) is 2.78. The summed E-state index contributed by atoms with van der Waals surface area (Å²) in [6, 6.07) is 20.0. The summed E-state index contributed by atoms with van der Waals surface area (Å²) in [6.45, 7) is 0. The number of rotatable bonds is 7. The van der Waals surface area contributed by atoms with Gasteiger partial charge in [-0.2, -0.15) is 0 Å². The molecule has 3 rings (SSSR count). The third-order valence-electron chi connectivity index (χ3n) is 4.22. The Hall–Kier alpha value is -3.60. The highest BCUT2D eigenvalue weighted by atomic mass is 16.5. The summed E-state index contributed by atoms with van der Waals surface area (Å²) in [5.41, 5.74) is 2.83. The highest BCUT2D eigenvalue weighted by Gasteiger charge is 2.12. The van der Waals surface area contributed by atoms with Gasteiger partial charge in [0.15, 0.2) is 17.3 Å². The van der Waals surface area contributed by atoms with Gasteiger partial charge in [-0.05, 0) is 36.4 Å². The van der Waals surface area contributed by atoms with Crippen molar-refractivity contribution < 1.29 is 19.0 Å². The van der Waals surface area contributed by atoms with E-state index >= 15 is 0 Å². The number of aliphatic imine (C=N–C) groups is 1. The molecule has 0 amide bonds. The van der Waals surface area contributed by atoms with Crippen LogP contribution in [0.25, 0.3) is 0 Å². The highest BCUT2D eigenvalue weighted by molar-refractivity contribution is 6.09. The molecule has 3 aromatic carbocycles. The summed E-state index contributed by atoms with van der Waals surface area (Å²) in [4.78, 5) is 16.9. The molecule has 0 saturated heterocycles. The average molecular weight is 375 g/mol. The van der Waals surface area contributed by atoms with Crippen molar-refractivity contribution in [3.05, 3.63) is 83.4 Å². The van der Waals surface area contributed by atoms with Gasteiger partial charge >= 0.3 is 0 Å². The molecule has 28 heavy (non-hydrogen) atoms. The maximum Gasteiger partial charge on any atom is 0.203 e. The molecule has 0 aliphatic carbocycles. The number of carbonyl (C=O) groups is 1. The standard InChI is InChI=1S/C23H21NO4/c1-26-20-13-16(14-21(27-2)23(20)28-3)15-24-19-11-9-18(10-12-19)22(25)17-7-5-4-6-8-17/h4-15H,1-3H3. The largest absolute Gasteiger partial charge is 0.493 e. The number of methoxy groups -OCH3 is 3. The number of nitrogens with zero attached hydrogens (tertiary/aromatic N) is 1. The average Bonchev–Trinajstić information content (AvgIpc) is 2.77. The van der Waals surface area contributed by atoms with E-state index in [9.17, 15) is 4.79 Å². The van der Waals surface area contributed by atoms with Crippen molar-refractivity contribution in [2.24, 2.45) is 4.99 Å². The third kappa shape index (κ3) is 4.20. The summed E-state index contributed by atoms with van der Waals surface area (Å²) < 4.78 is 16.0. The molecule has 0 spiro atoms. The Morgan fingerprint density at radius 1 is 0.786 bits per heavy atom. The minimum absolute atomic E-state index is 0.0132. The topological polar surface area (TPSA) is 57.1 Å². The number of ketones is 1. The Balaban J connectivity index is 1.81. The first-order chi connectivity index (χ1) is 13.7. The van der Waals surface area contributed by atoms with Crippen LogP contribution < -0.4 is 14.2 Å². The summed E-state index contributed by atoms with van der Waals surface area (Å²) in [6.07, 6.45) is 1.71. The van der Waals surface area contributed by atoms with Gasteiger partial charge in [0.25, 0.3) is 0 Å². The molecule has 3 aromatic rings. The summed E-state index contributed by atoms with van der Waals surface area (Å²) in [5.74, 6) is 1.64. The molecule has 0 heterocycles. The molecule has 0 unspecified atom stereocenters. The number of benzene rings is 3. The van der Waals surface area contributed by atoms with Crippen molar-refractivity contribution in [2.75, 3.05) is 21.3 Å². The summed E-state index contributed by atoms with van der Waals surface area (Å²) in [7, 11) is 4.70. The lowest BCUT2D eigenvalue weighted by atomic mass is 10.0. The van der Waals surface area contributed by atoms with Gasteiger partial charge in [-0.1, -0.05) is 30.3 Å². The molecule has 0 aliphatic heterocycles. The van der Waals surface area contributed by atoms with Gasteiger partial charge < -0.3 is 14.2 Å². The smallest absolute Gasteiger partial charge is 0.203 e. The van der Waals surface area contributed by atoms with Crippen LogP contribution >= 0.6 is 0 Å². The zero-order valence-electron chi connectivity index (χ0n) is 16.0. The third-order valence-corrected chi connectivity index (χ3v) is 4.22. The van der Waals surface area contributed by atoms with Crippen molar-refractivity contribution in [1.29, 1.82) is 0 Å². The van der Waals surface area contributed by atoms with Gasteiger partial charge in [-0.25, -0.2) is 0 Å². The van der Waals surface area contributed by atoms with Crippen LogP contribution in [0.1, 0.15) is 21.5 Å². The zero-order chi connectivity index (χ0) is 19.9. The second-order valence-corrected chi connectivity index (χ2v) is 5.96. The molecular formula is C23H21NO4. The molecule has 0 N–H and O–H groups in total. The van der Waals surface area contributed by atoms with Crippen molar-refractivity contribution in [2.45, 2.75) is 0 Å². The SMILES string of the molecule is COc1cc(C=Nc2ccc(C(=O)c3ccccc3)cc2)cc(OC)c1OC. The first-order valence-electron chi connectivity index (χ1n) is 8.70. The van der Waals surface area contributed by atoms with E-state index in [1.54, 1.807) is 51.8 Å². The molecule has 0 saturated carbocycles. The molecule has 0 atom stereocenters. The lowest BCUT2D eigenvalue weighted by Crippen LogP contribution is -2.00. The predicted molar refractivity (Wildman–Crippen MR) is 110 cm³/mol. The number of carbonyl (C=O) groups excluding carboxylic acids is 1. The van der Waals surface area contributed by atoms with Crippen molar-refractivity contribution in [3.63, 3.8) is 0 Å². The summed E-state index contributed by atoms with van der Waals surface area (Å²) >= 11 is 0. The Morgan fingerprint density at radius 2 is 1.36 bits per heavy atom. The maximum atomic E-state index is 12.5. The van der Waals surface area contributed by atoms with Crippen molar-refractivity contribution in [3.8, 4) is 17.2 Å². The van der Waals surface area contributed by atoms with Gasteiger partial charge in [0.2, 0.25) is 5.75 Å². The normalized spacial score (nSPS) is 10.7. The highest BCUT2D eigenvalue weighted by Crippen LogP contribution is 2.37. The Kier molecular flexibility index (Phi) is 6.07. The van der Waals surface area contributed by atoms with Crippen molar-refractivity contribution in [1.82, 2.24) is 0 Å². The molecule has 0 radical (unpaired) electrons. The monoisotopic (exact) mass is 375 g/mol. The number of hydrogen-bond acceptors (Lipinski definition) is 5. The van der Waals surface area contributed by atoms with E-state index < -0.39 is 0 Å². The van der Waals surface area contributed by atoms with E-state index in [2.05, 4.69) is 4.99 Å². The molecule has 0 bridgehead atoms. The van der Waals surface area contributed by atoms with Gasteiger partial charge in [0.1, 0.15) is 0 Å². The van der Waals surface area contributed by atoms with Gasteiger partial charge in [-0.15, -0.1) is 0 Å². The number of hydrogen-bond donors (Lipinski definition) is 0. The van der Waals surface area contributed by atoms with E-state index in [1.807, 2.05) is 42.5 Å². The second kappa shape index (κ2) is 8.86. The van der Waals surface area contributed by atoms with Crippen LogP contribution in [0, 0.1) is 0 Å². The molecule has 0 aliphatic rings. The fourth-order valence-electron chi connectivity index (χ4n) is 2.78. The lowest BCUT2D eigenvalue weighted by molar-refractivity contribution is 0.103. The second-order valence-electron chi connectivity index (χ2n) is 5.96. The van der Waals surface area contributed by atoms with Gasteiger partial charge in [0, 0.05) is 22.9 Å². The van der Waals surface area contributed by atoms with E-state index in [1.165, 1.54) is 0 Å². The molecule has 0 aromatic heterocycles. The minimum atomic E-state index is -0.0132. The minimum Gasteiger partial charge on any atom is -0.493 e. The van der Waals surface area contributed by atoms with E-state index in [4.69, 9.17) is 14.2 Å². The van der Waals surface area contributed by atoms with Crippen LogP contribution in [0.2, 0.25) is 0 Å². The zero-order valence-corrected chi connectivity index (χ0v) is 16.0. The van der Waals surface area contributed by atoms with Crippen LogP contribution in [-0.2, 0) is 0 Å². The maximum absolute atomic E-state index is 12.5. The summed E-state index contributed by atoms with van der Waals surface area (Å²) in [5, 5.41) is 0. The first kappa shape index (κ1) is 19.2. The molecule has 5 heteroatoms. The van der Waals surface area contributed by atoms with Crippen LogP contribution in [0.3, 0.4) is 0 Å². The fraction of sp³-hybridized carbons (Fsp3) is 0.130. The van der Waals surface area contributed by atoms with Crippen molar-refractivity contribution >= 4 is 17.7 Å². The molecule has 0 fully saturated rings. The Bertz CT molecular complexity index is 954. The molecule has 5 nitrogen and oxygen atoms in total. The van der Waals surface area contributed by atoms with E-state index in [0.717, 1.165) is 11.3 Å². The van der Waals surface area contributed by atoms with Gasteiger partial charge in [-0.3, -0.25) is 9.79 Å². The Morgan fingerprint density at radius 3 is 1.89 bits per heavy atom. The van der Waals surface area contributed by atoms with Crippen LogP contribution in [-0.4, -0.2) is 33.3 Å². The lowest BCUT2D eigenvalue weighted by Gasteiger charge is -2.12. The first-order valence-corrected chi connectivity index (χ1v) is 8.70. The molecular weight excluding hydrogens is 354 g/mol. The quantitative estimate of drug-likeness (QED) is 0.444. The van der Waals surface area contributed by atoms with Gasteiger partial charge in [0.05, 0.1) is 27.0 Å². The number of ether oxygens (including phenoxy) is 3.